The molecular weight excluding hydrogens is 158 g/mol. The highest BCUT2D eigenvalue weighted by atomic mass is 16.5. The summed E-state index contributed by atoms with van der Waals surface area (Å²) < 4.78 is 10.2. The number of hydrogen-bond donors (Lipinski definition) is 0. The minimum absolute atomic E-state index is 0.338. The van der Waals surface area contributed by atoms with Gasteiger partial charge in [0.15, 0.2) is 0 Å². The van der Waals surface area contributed by atoms with Crippen molar-refractivity contribution in [3.05, 3.63) is 12.7 Å². The lowest BCUT2D eigenvalue weighted by molar-refractivity contribution is 0.106. The van der Waals surface area contributed by atoms with Crippen molar-refractivity contribution < 1.29 is 9.47 Å². The number of nitrogens with zero attached hydrogens (tertiary/aromatic N) is 3. The summed E-state index contributed by atoms with van der Waals surface area (Å²) in [6.07, 6.45) is 2.78. The Kier molecular flexibility index (Phi) is 4.01. The second-order valence-corrected chi connectivity index (χ2v) is 1.97. The summed E-state index contributed by atoms with van der Waals surface area (Å²) in [4.78, 5) is 11.2. The molecule has 0 bridgehead atoms. The highest BCUT2D eigenvalue weighted by Gasteiger charge is 1.93. The Balaban J connectivity index is 2.16. The zero-order chi connectivity index (χ0) is 8.65. The van der Waals surface area contributed by atoms with Crippen molar-refractivity contribution in [3.63, 3.8) is 0 Å². The van der Waals surface area contributed by atoms with Crippen LogP contribution in [0.25, 0.3) is 0 Å². The number of hydrogen-bond acceptors (Lipinski definition) is 5. The van der Waals surface area contributed by atoms with Crippen LogP contribution in [0.5, 0.6) is 6.01 Å². The number of ether oxygens (including phenoxy) is 2. The summed E-state index contributed by atoms with van der Waals surface area (Å²) in [5.41, 5.74) is 0. The fraction of sp³-hybridized carbons (Fsp3) is 0.571. The van der Waals surface area contributed by atoms with E-state index in [1.54, 1.807) is 0 Å². The number of rotatable bonds is 5. The molecule has 1 aromatic rings. The van der Waals surface area contributed by atoms with E-state index in [-0.39, 0.29) is 0 Å². The average molecular weight is 169 g/mol. The Morgan fingerprint density at radius 2 is 2.00 bits per heavy atom. The first-order chi connectivity index (χ1) is 5.93. The molecule has 12 heavy (non-hydrogen) atoms. The van der Waals surface area contributed by atoms with Crippen molar-refractivity contribution in [2.45, 2.75) is 6.92 Å². The van der Waals surface area contributed by atoms with E-state index in [4.69, 9.17) is 9.47 Å². The van der Waals surface area contributed by atoms with Gasteiger partial charge in [0.05, 0.1) is 6.61 Å². The third kappa shape index (κ3) is 3.25. The van der Waals surface area contributed by atoms with Crippen molar-refractivity contribution in [1.82, 2.24) is 15.0 Å². The van der Waals surface area contributed by atoms with Crippen LogP contribution in [-0.4, -0.2) is 34.8 Å². The minimum Gasteiger partial charge on any atom is -0.461 e. The van der Waals surface area contributed by atoms with E-state index < -0.39 is 0 Å². The van der Waals surface area contributed by atoms with Gasteiger partial charge in [0, 0.05) is 6.61 Å². The first-order valence-corrected chi connectivity index (χ1v) is 3.76. The van der Waals surface area contributed by atoms with Crippen LogP contribution in [-0.2, 0) is 4.74 Å². The lowest BCUT2D eigenvalue weighted by Crippen LogP contribution is -2.08. The van der Waals surface area contributed by atoms with E-state index in [0.29, 0.717) is 25.8 Å². The summed E-state index contributed by atoms with van der Waals surface area (Å²) in [5.74, 6) is 0. The lowest BCUT2D eigenvalue weighted by Gasteiger charge is -2.02. The molecule has 5 nitrogen and oxygen atoms in total. The summed E-state index contributed by atoms with van der Waals surface area (Å²) in [7, 11) is 0. The average Bonchev–Trinajstić information content (AvgIpc) is 2.14. The van der Waals surface area contributed by atoms with Gasteiger partial charge in [0.1, 0.15) is 19.3 Å². The molecule has 1 rings (SSSR count). The first kappa shape index (κ1) is 8.86. The Morgan fingerprint density at radius 3 is 2.67 bits per heavy atom. The first-order valence-electron chi connectivity index (χ1n) is 3.76. The molecule has 5 heteroatoms. The van der Waals surface area contributed by atoms with Gasteiger partial charge in [-0.2, -0.15) is 9.97 Å². The van der Waals surface area contributed by atoms with Crippen LogP contribution in [0.4, 0.5) is 0 Å². The van der Waals surface area contributed by atoms with Crippen LogP contribution in [0.1, 0.15) is 6.92 Å². The molecule has 66 valence electrons. The number of aromatic nitrogens is 3. The molecule has 0 amide bonds. The molecule has 1 aromatic heterocycles. The van der Waals surface area contributed by atoms with E-state index >= 15 is 0 Å². The molecule has 0 saturated carbocycles. The monoisotopic (exact) mass is 169 g/mol. The van der Waals surface area contributed by atoms with Gasteiger partial charge >= 0.3 is 6.01 Å². The summed E-state index contributed by atoms with van der Waals surface area (Å²) in [5, 5.41) is 0. The fourth-order valence-corrected chi connectivity index (χ4v) is 0.639. The molecule has 0 N–H and O–H groups in total. The summed E-state index contributed by atoms with van der Waals surface area (Å²) in [6.45, 7) is 3.66. The molecule has 0 radical (unpaired) electrons. The topological polar surface area (TPSA) is 57.1 Å². The van der Waals surface area contributed by atoms with E-state index in [9.17, 15) is 0 Å². The highest BCUT2D eigenvalue weighted by molar-refractivity contribution is 4.86. The van der Waals surface area contributed by atoms with Crippen molar-refractivity contribution in [1.29, 1.82) is 0 Å². The maximum atomic E-state index is 5.12. The zero-order valence-electron chi connectivity index (χ0n) is 6.93. The van der Waals surface area contributed by atoms with Gasteiger partial charge in [-0.1, -0.05) is 0 Å². The van der Waals surface area contributed by atoms with Gasteiger partial charge in [-0.05, 0) is 6.92 Å². The molecular formula is C7H11N3O2. The Bertz CT molecular complexity index is 205. The van der Waals surface area contributed by atoms with Crippen LogP contribution >= 0.6 is 0 Å². The quantitative estimate of drug-likeness (QED) is 0.593. The molecule has 0 saturated heterocycles. The molecule has 0 aliphatic heterocycles. The maximum Gasteiger partial charge on any atom is 0.319 e. The van der Waals surface area contributed by atoms with Crippen LogP contribution in [0.3, 0.4) is 0 Å². The van der Waals surface area contributed by atoms with Gasteiger partial charge < -0.3 is 9.47 Å². The van der Waals surface area contributed by atoms with Gasteiger partial charge in [-0.3, -0.25) is 0 Å². The molecule has 0 aliphatic carbocycles. The van der Waals surface area contributed by atoms with Crippen molar-refractivity contribution in [2.75, 3.05) is 19.8 Å². The van der Waals surface area contributed by atoms with Crippen LogP contribution in [0, 0.1) is 0 Å². The lowest BCUT2D eigenvalue weighted by atomic mass is 10.7. The van der Waals surface area contributed by atoms with Crippen molar-refractivity contribution >= 4 is 0 Å². The normalized spacial score (nSPS) is 9.75. The largest absolute Gasteiger partial charge is 0.461 e. The predicted octanol–water partition coefficient (Wildman–Crippen LogP) is 0.287. The van der Waals surface area contributed by atoms with Gasteiger partial charge in [-0.25, -0.2) is 4.98 Å². The van der Waals surface area contributed by atoms with Crippen LogP contribution in [0.15, 0.2) is 12.7 Å². The van der Waals surface area contributed by atoms with Crippen molar-refractivity contribution in [2.24, 2.45) is 0 Å². The summed E-state index contributed by atoms with van der Waals surface area (Å²) >= 11 is 0. The van der Waals surface area contributed by atoms with E-state index in [0.717, 1.165) is 0 Å². The third-order valence-corrected chi connectivity index (χ3v) is 1.13. The van der Waals surface area contributed by atoms with Crippen LogP contribution < -0.4 is 4.74 Å². The molecule has 0 aliphatic rings. The standard InChI is InChI=1S/C7H11N3O2/c1-2-11-3-4-12-7-9-5-8-6-10-7/h5-6H,2-4H2,1H3. The van der Waals surface area contributed by atoms with Crippen molar-refractivity contribution in [3.8, 4) is 6.01 Å². The zero-order valence-corrected chi connectivity index (χ0v) is 6.93. The predicted molar refractivity (Wildman–Crippen MR) is 41.8 cm³/mol. The SMILES string of the molecule is CCOCCOc1ncncn1. The third-order valence-electron chi connectivity index (χ3n) is 1.13. The van der Waals surface area contributed by atoms with Gasteiger partial charge in [0.25, 0.3) is 0 Å². The van der Waals surface area contributed by atoms with E-state index in [1.807, 2.05) is 6.92 Å². The van der Waals surface area contributed by atoms with Crippen LogP contribution in [0.2, 0.25) is 0 Å². The molecule has 0 fully saturated rings. The molecule has 0 spiro atoms. The minimum atomic E-state index is 0.338. The highest BCUT2D eigenvalue weighted by Crippen LogP contribution is 1.94. The Hall–Kier alpha value is -1.23. The smallest absolute Gasteiger partial charge is 0.319 e. The second kappa shape index (κ2) is 5.42. The Labute approximate surface area is 70.8 Å². The molecule has 0 unspecified atom stereocenters. The van der Waals surface area contributed by atoms with E-state index in [2.05, 4.69) is 15.0 Å². The maximum absolute atomic E-state index is 5.12. The molecule has 0 atom stereocenters. The Morgan fingerprint density at radius 1 is 1.25 bits per heavy atom. The van der Waals surface area contributed by atoms with E-state index in [1.165, 1.54) is 12.7 Å². The van der Waals surface area contributed by atoms with Gasteiger partial charge in [0.2, 0.25) is 0 Å². The summed E-state index contributed by atoms with van der Waals surface area (Å²) in [6, 6.07) is 0.338. The molecule has 0 aromatic carbocycles. The fourth-order valence-electron chi connectivity index (χ4n) is 0.639. The second-order valence-electron chi connectivity index (χ2n) is 1.97. The molecule has 1 heterocycles. The van der Waals surface area contributed by atoms with Gasteiger partial charge in [-0.15, -0.1) is 0 Å².